The largest absolute Gasteiger partial charge is 0.298 e. The molecule has 0 aliphatic carbocycles. The Kier molecular flexibility index (Phi) is 2.33. The maximum Gasteiger partial charge on any atom is 0.153 e. The predicted octanol–water partition coefficient (Wildman–Crippen LogP) is 3.55. The number of rotatable bonds is 1. The van der Waals surface area contributed by atoms with E-state index in [2.05, 4.69) is 15.9 Å². The molecule has 2 aromatic rings. The smallest absolute Gasteiger partial charge is 0.153 e. The van der Waals surface area contributed by atoms with Crippen LogP contribution in [-0.4, -0.2) is 6.29 Å². The van der Waals surface area contributed by atoms with Crippen LogP contribution < -0.4 is 0 Å². The molecule has 0 atom stereocenters. The minimum atomic E-state index is -0.459. The Morgan fingerprint density at radius 2 is 1.86 bits per heavy atom. The van der Waals surface area contributed by atoms with Crippen molar-refractivity contribution in [2.24, 2.45) is 0 Å². The molecule has 0 bridgehead atoms. The third kappa shape index (κ3) is 1.34. The summed E-state index contributed by atoms with van der Waals surface area (Å²) in [6.45, 7) is 0. The molecule has 0 fully saturated rings. The van der Waals surface area contributed by atoms with Gasteiger partial charge in [-0.25, -0.2) is 4.39 Å². The number of fused-ring (bicyclic) bond motifs is 1. The Bertz CT molecular complexity index is 508. The van der Waals surface area contributed by atoms with Gasteiger partial charge in [-0.2, -0.15) is 0 Å². The molecule has 0 saturated carbocycles. The zero-order valence-electron chi connectivity index (χ0n) is 7.13. The van der Waals surface area contributed by atoms with Crippen LogP contribution in [0.15, 0.2) is 34.8 Å². The van der Waals surface area contributed by atoms with E-state index in [1.165, 1.54) is 6.07 Å². The Morgan fingerprint density at radius 3 is 2.50 bits per heavy atom. The zero-order chi connectivity index (χ0) is 10.1. The van der Waals surface area contributed by atoms with E-state index in [-0.39, 0.29) is 5.56 Å². The van der Waals surface area contributed by atoms with Gasteiger partial charge in [-0.3, -0.25) is 4.79 Å². The van der Waals surface area contributed by atoms with Gasteiger partial charge in [0.1, 0.15) is 5.82 Å². The molecule has 0 amide bonds. The van der Waals surface area contributed by atoms with Crippen molar-refractivity contribution in [2.45, 2.75) is 0 Å². The van der Waals surface area contributed by atoms with Crippen molar-refractivity contribution < 1.29 is 9.18 Å². The lowest BCUT2D eigenvalue weighted by Gasteiger charge is -2.03. The van der Waals surface area contributed by atoms with Crippen LogP contribution in [0.5, 0.6) is 0 Å². The first-order valence-corrected chi connectivity index (χ1v) is 4.85. The Morgan fingerprint density at radius 1 is 1.21 bits per heavy atom. The van der Waals surface area contributed by atoms with E-state index in [0.717, 1.165) is 9.86 Å². The number of carbonyl (C=O) groups is 1. The number of benzene rings is 2. The molecule has 2 aromatic carbocycles. The van der Waals surface area contributed by atoms with Crippen LogP contribution in [0.4, 0.5) is 4.39 Å². The molecule has 0 saturated heterocycles. The number of halogens is 2. The molecule has 0 N–H and O–H groups in total. The first-order valence-electron chi connectivity index (χ1n) is 4.06. The molecule has 14 heavy (non-hydrogen) atoms. The SMILES string of the molecule is O=Cc1cc(Br)c2ccccc2c1F. The second-order valence-corrected chi connectivity index (χ2v) is 3.78. The van der Waals surface area contributed by atoms with Crippen molar-refractivity contribution in [1.82, 2.24) is 0 Å². The average Bonchev–Trinajstić information content (AvgIpc) is 2.23. The topological polar surface area (TPSA) is 17.1 Å². The fourth-order valence-electron chi connectivity index (χ4n) is 1.40. The molecule has 0 radical (unpaired) electrons. The maximum atomic E-state index is 13.6. The average molecular weight is 253 g/mol. The Labute approximate surface area is 88.7 Å². The van der Waals surface area contributed by atoms with Gasteiger partial charge in [0.15, 0.2) is 6.29 Å². The van der Waals surface area contributed by atoms with E-state index in [9.17, 15) is 9.18 Å². The molecular weight excluding hydrogens is 247 g/mol. The van der Waals surface area contributed by atoms with E-state index in [0.29, 0.717) is 11.7 Å². The van der Waals surface area contributed by atoms with Gasteiger partial charge in [0.25, 0.3) is 0 Å². The summed E-state index contributed by atoms with van der Waals surface area (Å²) in [4.78, 5) is 10.6. The van der Waals surface area contributed by atoms with Crippen molar-refractivity contribution in [1.29, 1.82) is 0 Å². The molecule has 0 aromatic heterocycles. The first-order chi connectivity index (χ1) is 6.74. The highest BCUT2D eigenvalue weighted by Gasteiger charge is 2.09. The third-order valence-corrected chi connectivity index (χ3v) is 2.74. The third-order valence-electron chi connectivity index (χ3n) is 2.08. The minimum absolute atomic E-state index is 0.0792. The lowest BCUT2D eigenvalue weighted by Crippen LogP contribution is -1.90. The monoisotopic (exact) mass is 252 g/mol. The fourth-order valence-corrected chi connectivity index (χ4v) is 1.99. The van der Waals surface area contributed by atoms with Gasteiger partial charge in [0.05, 0.1) is 5.56 Å². The van der Waals surface area contributed by atoms with Crippen molar-refractivity contribution in [3.63, 3.8) is 0 Å². The van der Waals surface area contributed by atoms with Gasteiger partial charge in [-0.15, -0.1) is 0 Å². The van der Waals surface area contributed by atoms with Crippen molar-refractivity contribution in [2.75, 3.05) is 0 Å². The summed E-state index contributed by atoms with van der Waals surface area (Å²) in [6.07, 6.45) is 0.520. The van der Waals surface area contributed by atoms with Gasteiger partial charge < -0.3 is 0 Å². The second kappa shape index (κ2) is 3.50. The summed E-state index contributed by atoms with van der Waals surface area (Å²) < 4.78 is 14.3. The Hall–Kier alpha value is -1.22. The van der Waals surface area contributed by atoms with E-state index >= 15 is 0 Å². The molecule has 2 rings (SSSR count). The fraction of sp³-hybridized carbons (Fsp3) is 0. The Balaban J connectivity index is 2.94. The first kappa shape index (κ1) is 9.34. The quantitative estimate of drug-likeness (QED) is 0.710. The summed E-state index contributed by atoms with van der Waals surface area (Å²) in [5, 5.41) is 1.24. The van der Waals surface area contributed by atoms with Gasteiger partial charge >= 0.3 is 0 Å². The summed E-state index contributed by atoms with van der Waals surface area (Å²) in [5.74, 6) is -0.459. The van der Waals surface area contributed by atoms with Crippen LogP contribution in [0.2, 0.25) is 0 Å². The van der Waals surface area contributed by atoms with Crippen molar-refractivity contribution in [3.05, 3.63) is 46.2 Å². The van der Waals surface area contributed by atoms with Crippen LogP contribution in [0, 0.1) is 5.82 Å². The van der Waals surface area contributed by atoms with Gasteiger partial charge in [0, 0.05) is 9.86 Å². The lowest BCUT2D eigenvalue weighted by molar-refractivity contribution is 0.112. The number of aldehydes is 1. The van der Waals surface area contributed by atoms with E-state index in [4.69, 9.17) is 0 Å². The number of hydrogen-bond acceptors (Lipinski definition) is 1. The summed E-state index contributed by atoms with van der Waals surface area (Å²) >= 11 is 3.30. The number of hydrogen-bond donors (Lipinski definition) is 0. The van der Waals surface area contributed by atoms with Crippen molar-refractivity contribution in [3.8, 4) is 0 Å². The van der Waals surface area contributed by atoms with Crippen molar-refractivity contribution >= 4 is 33.0 Å². The predicted molar refractivity (Wildman–Crippen MR) is 57.0 cm³/mol. The second-order valence-electron chi connectivity index (χ2n) is 2.93. The van der Waals surface area contributed by atoms with E-state index in [1.807, 2.05) is 6.07 Å². The van der Waals surface area contributed by atoms with Crippen LogP contribution >= 0.6 is 15.9 Å². The molecular formula is C11H6BrFO. The van der Waals surface area contributed by atoms with Crippen LogP contribution in [0.1, 0.15) is 10.4 Å². The van der Waals surface area contributed by atoms with E-state index in [1.54, 1.807) is 18.2 Å². The molecule has 0 spiro atoms. The normalized spacial score (nSPS) is 10.4. The van der Waals surface area contributed by atoms with E-state index < -0.39 is 5.82 Å². The summed E-state index contributed by atoms with van der Waals surface area (Å²) in [6, 6.07) is 8.52. The number of carbonyl (C=O) groups excluding carboxylic acids is 1. The molecule has 3 heteroatoms. The van der Waals surface area contributed by atoms with Gasteiger partial charge in [0.2, 0.25) is 0 Å². The van der Waals surface area contributed by atoms with Crippen LogP contribution in [0.3, 0.4) is 0 Å². The zero-order valence-corrected chi connectivity index (χ0v) is 8.71. The molecule has 0 unspecified atom stereocenters. The van der Waals surface area contributed by atoms with Gasteiger partial charge in [-0.1, -0.05) is 40.2 Å². The summed E-state index contributed by atoms with van der Waals surface area (Å²) in [5.41, 5.74) is 0.0792. The molecule has 0 aliphatic rings. The maximum absolute atomic E-state index is 13.6. The molecule has 1 nitrogen and oxygen atoms in total. The molecule has 0 heterocycles. The standard InChI is InChI=1S/C11H6BrFO/c12-10-5-7(6-14)11(13)9-4-2-1-3-8(9)10/h1-6H. The minimum Gasteiger partial charge on any atom is -0.298 e. The van der Waals surface area contributed by atoms with Gasteiger partial charge in [-0.05, 0) is 11.5 Å². The highest BCUT2D eigenvalue weighted by atomic mass is 79.9. The van der Waals surface area contributed by atoms with Crippen LogP contribution in [-0.2, 0) is 0 Å². The highest BCUT2D eigenvalue weighted by Crippen LogP contribution is 2.27. The lowest BCUT2D eigenvalue weighted by atomic mass is 10.1. The molecule has 0 aliphatic heterocycles. The summed E-state index contributed by atoms with van der Waals surface area (Å²) in [7, 11) is 0. The van der Waals surface area contributed by atoms with Crippen LogP contribution in [0.25, 0.3) is 10.8 Å². The highest BCUT2D eigenvalue weighted by molar-refractivity contribution is 9.10. The molecule has 70 valence electrons.